The first kappa shape index (κ1) is 56.1. The first-order valence-corrected chi connectivity index (χ1v) is 22.6. The summed E-state index contributed by atoms with van der Waals surface area (Å²) in [6.07, 6.45) is 43.7. The van der Waals surface area contributed by atoms with Gasteiger partial charge in [0.25, 0.3) is 0 Å². The summed E-state index contributed by atoms with van der Waals surface area (Å²) in [6.45, 7) is 2.29. The summed E-state index contributed by atoms with van der Waals surface area (Å²) in [5.74, 6) is -2.74. The fraction of sp³-hybridized carbons (Fsp3) is 0.543. The molecule has 60 heavy (non-hydrogen) atoms. The average molecular weight is 862 g/mol. The molecule has 0 rings (SSSR count). The molecule has 0 aliphatic heterocycles. The fourth-order valence-corrected chi connectivity index (χ4v) is 5.60. The van der Waals surface area contributed by atoms with Crippen molar-refractivity contribution in [3.05, 3.63) is 109 Å². The SMILES string of the molecule is CC/C=C\C/C=C\C/C=C\C/C=C\C/C=C\CCCC(=O)O[C@H](COC(=O)CCC[C@H](O)\C=C/C=C/C=C/[C@H](O)C/C=C\CCCCC)COP(=O)(O)OC[C@H](N)C(=O)O. The van der Waals surface area contributed by atoms with E-state index in [9.17, 15) is 34.1 Å². The van der Waals surface area contributed by atoms with Crippen molar-refractivity contribution in [2.45, 2.75) is 141 Å². The van der Waals surface area contributed by atoms with Crippen molar-refractivity contribution in [1.82, 2.24) is 0 Å². The fourth-order valence-electron chi connectivity index (χ4n) is 4.82. The Hall–Kier alpha value is -3.94. The summed E-state index contributed by atoms with van der Waals surface area (Å²) in [5, 5.41) is 29.1. The van der Waals surface area contributed by atoms with Gasteiger partial charge in [0.05, 0.1) is 25.4 Å². The van der Waals surface area contributed by atoms with E-state index in [1.165, 1.54) is 12.8 Å². The number of phosphoric acid groups is 1. The molecule has 0 amide bonds. The molecule has 0 aromatic rings. The predicted octanol–water partition coefficient (Wildman–Crippen LogP) is 9.00. The molecule has 0 fully saturated rings. The van der Waals surface area contributed by atoms with Crippen LogP contribution in [0, 0.1) is 0 Å². The number of aliphatic carboxylic acids is 1. The molecule has 0 heterocycles. The minimum Gasteiger partial charge on any atom is -0.480 e. The normalized spacial score (nSPS) is 15.8. The highest BCUT2D eigenvalue weighted by molar-refractivity contribution is 7.47. The predicted molar refractivity (Wildman–Crippen MR) is 238 cm³/mol. The van der Waals surface area contributed by atoms with Gasteiger partial charge in [-0.2, -0.15) is 0 Å². The number of nitrogens with two attached hydrogens (primary N) is 1. The molecule has 0 aromatic carbocycles. The molecule has 0 aliphatic rings. The Morgan fingerprint density at radius 2 is 1.17 bits per heavy atom. The van der Waals surface area contributed by atoms with E-state index in [4.69, 9.17) is 24.8 Å². The van der Waals surface area contributed by atoms with Gasteiger partial charge in [-0.05, 0) is 77.0 Å². The Kier molecular flexibility index (Phi) is 36.6. The van der Waals surface area contributed by atoms with E-state index in [1.54, 1.807) is 36.5 Å². The zero-order chi connectivity index (χ0) is 44.5. The molecule has 6 N–H and O–H groups in total. The third-order valence-electron chi connectivity index (χ3n) is 8.19. The summed E-state index contributed by atoms with van der Waals surface area (Å²) >= 11 is 0. The lowest BCUT2D eigenvalue weighted by molar-refractivity contribution is -0.161. The number of aliphatic hydroxyl groups is 2. The zero-order valence-electron chi connectivity index (χ0n) is 35.7. The number of phosphoric ester groups is 1. The summed E-state index contributed by atoms with van der Waals surface area (Å²) in [6, 6.07) is -1.57. The second-order valence-corrected chi connectivity index (χ2v) is 15.2. The van der Waals surface area contributed by atoms with Crippen LogP contribution in [0.2, 0.25) is 0 Å². The van der Waals surface area contributed by atoms with Crippen LogP contribution in [0.1, 0.15) is 117 Å². The molecule has 13 nitrogen and oxygen atoms in total. The maximum absolute atomic E-state index is 12.6. The highest BCUT2D eigenvalue weighted by atomic mass is 31.2. The smallest absolute Gasteiger partial charge is 0.472 e. The number of rotatable bonds is 37. The number of hydrogen-bond donors (Lipinski definition) is 5. The Morgan fingerprint density at radius 3 is 1.77 bits per heavy atom. The van der Waals surface area contributed by atoms with E-state index in [0.29, 0.717) is 19.3 Å². The highest BCUT2D eigenvalue weighted by Crippen LogP contribution is 2.43. The maximum Gasteiger partial charge on any atom is 0.472 e. The largest absolute Gasteiger partial charge is 0.480 e. The molecule has 338 valence electrons. The second-order valence-electron chi connectivity index (χ2n) is 13.8. The van der Waals surface area contributed by atoms with Gasteiger partial charge in [-0.1, -0.05) is 136 Å². The van der Waals surface area contributed by atoms with Crippen molar-refractivity contribution in [3.8, 4) is 0 Å². The Labute approximate surface area is 358 Å². The van der Waals surface area contributed by atoms with Crippen LogP contribution in [0.4, 0.5) is 0 Å². The van der Waals surface area contributed by atoms with Crippen LogP contribution in [0.25, 0.3) is 0 Å². The lowest BCUT2D eigenvalue weighted by Gasteiger charge is -2.20. The van der Waals surface area contributed by atoms with Crippen LogP contribution in [-0.2, 0) is 37.5 Å². The van der Waals surface area contributed by atoms with E-state index in [0.717, 1.165) is 44.9 Å². The van der Waals surface area contributed by atoms with Crippen LogP contribution in [0.5, 0.6) is 0 Å². The van der Waals surface area contributed by atoms with Gasteiger partial charge in [0.15, 0.2) is 6.10 Å². The van der Waals surface area contributed by atoms with Gasteiger partial charge < -0.3 is 35.4 Å². The van der Waals surface area contributed by atoms with Gasteiger partial charge in [0.2, 0.25) is 0 Å². The van der Waals surface area contributed by atoms with Crippen molar-refractivity contribution < 1.29 is 57.7 Å². The monoisotopic (exact) mass is 861 g/mol. The molecule has 0 radical (unpaired) electrons. The van der Waals surface area contributed by atoms with E-state index < -0.39 is 69.9 Å². The number of allylic oxidation sites excluding steroid dienone is 15. The molecule has 0 saturated heterocycles. The van der Waals surface area contributed by atoms with Gasteiger partial charge in [-0.3, -0.25) is 23.4 Å². The lowest BCUT2D eigenvalue weighted by atomic mass is 10.1. The van der Waals surface area contributed by atoms with E-state index in [-0.39, 0.29) is 25.7 Å². The Bertz CT molecular complexity index is 1460. The number of carboxylic acid groups (broad SMARTS) is 1. The molecule has 1 unspecified atom stereocenters. The van der Waals surface area contributed by atoms with Crippen molar-refractivity contribution in [2.24, 2.45) is 5.73 Å². The molecular formula is C46H72NO12P. The highest BCUT2D eigenvalue weighted by Gasteiger charge is 2.28. The van der Waals surface area contributed by atoms with Gasteiger partial charge >= 0.3 is 25.7 Å². The van der Waals surface area contributed by atoms with Crippen LogP contribution in [0.3, 0.4) is 0 Å². The minimum absolute atomic E-state index is 0.0230. The van der Waals surface area contributed by atoms with Crippen LogP contribution in [-0.4, -0.2) is 82.3 Å². The lowest BCUT2D eigenvalue weighted by Crippen LogP contribution is -2.34. The summed E-state index contributed by atoms with van der Waals surface area (Å²) < 4.78 is 32.4. The topological polar surface area (TPSA) is 212 Å². The standard InChI is InChI=1S/C46H72NO12P/c1-3-5-7-9-11-12-13-14-15-16-17-18-19-20-21-23-29-35-45(51)59-42(38-57-60(54,55)58-39-43(47)46(52)53)37-56-44(50)36-30-34-41(49)33-28-25-24-27-32-40(48)31-26-22-10-8-6-4-2/h5,7,11-12,14-15,17-18,20-22,24-28,32-33,40-43,48-49H,3-4,6,8-10,13,16,19,23,29-31,34-39,47H2,1-2H3,(H,52,53)(H,54,55)/b7-5-,12-11-,15-14-,18-17-,21-20-,25-24+,26-22-,32-27+,33-28-/t40-,41-,42-,43+/m1/s1. The Morgan fingerprint density at radius 1 is 0.633 bits per heavy atom. The van der Waals surface area contributed by atoms with Gasteiger partial charge in [-0.25, -0.2) is 4.57 Å². The zero-order valence-corrected chi connectivity index (χ0v) is 36.6. The number of ether oxygens (including phenoxy) is 2. The summed E-state index contributed by atoms with van der Waals surface area (Å²) in [7, 11) is -4.80. The van der Waals surface area contributed by atoms with Gasteiger partial charge in [0, 0.05) is 12.8 Å². The van der Waals surface area contributed by atoms with Crippen molar-refractivity contribution in [3.63, 3.8) is 0 Å². The van der Waals surface area contributed by atoms with Crippen LogP contribution >= 0.6 is 7.82 Å². The van der Waals surface area contributed by atoms with E-state index in [2.05, 4.69) is 73.1 Å². The molecule has 14 heteroatoms. The molecule has 0 bridgehead atoms. The molecule has 0 aliphatic carbocycles. The number of carboxylic acids is 1. The number of carbonyl (C=O) groups is 3. The number of hydrogen-bond acceptors (Lipinski definition) is 11. The minimum atomic E-state index is -4.80. The average Bonchev–Trinajstić information content (AvgIpc) is 3.21. The number of unbranched alkanes of at least 4 members (excludes halogenated alkanes) is 4. The van der Waals surface area contributed by atoms with Gasteiger partial charge in [0.1, 0.15) is 12.6 Å². The van der Waals surface area contributed by atoms with Crippen molar-refractivity contribution in [1.29, 1.82) is 0 Å². The summed E-state index contributed by atoms with van der Waals surface area (Å²) in [4.78, 5) is 45.9. The third-order valence-corrected chi connectivity index (χ3v) is 9.15. The van der Waals surface area contributed by atoms with Crippen molar-refractivity contribution in [2.75, 3.05) is 19.8 Å². The molecule has 0 spiro atoms. The maximum atomic E-state index is 12.6. The second kappa shape index (κ2) is 39.2. The van der Waals surface area contributed by atoms with Gasteiger partial charge in [-0.15, -0.1) is 0 Å². The van der Waals surface area contributed by atoms with E-state index in [1.807, 2.05) is 18.2 Å². The molecule has 5 atom stereocenters. The molecular weight excluding hydrogens is 789 g/mol. The number of aliphatic hydroxyl groups excluding tert-OH is 2. The van der Waals surface area contributed by atoms with E-state index >= 15 is 0 Å². The van der Waals surface area contributed by atoms with Crippen LogP contribution in [0.15, 0.2) is 109 Å². The van der Waals surface area contributed by atoms with Crippen LogP contribution < -0.4 is 5.73 Å². The quantitative estimate of drug-likeness (QED) is 0.0130. The molecule has 0 saturated carbocycles. The first-order chi connectivity index (χ1) is 28.9. The van der Waals surface area contributed by atoms with Crippen molar-refractivity contribution >= 4 is 25.7 Å². The Balaban J connectivity index is 4.76. The summed E-state index contributed by atoms with van der Waals surface area (Å²) in [5.41, 5.74) is 5.31. The number of carbonyl (C=O) groups excluding carboxylic acids is 2. The number of esters is 2. The molecule has 0 aromatic heterocycles. The third kappa shape index (κ3) is 38.3. The first-order valence-electron chi connectivity index (χ1n) is 21.1.